The van der Waals surface area contributed by atoms with Crippen LogP contribution in [0, 0.1) is 20.8 Å². The summed E-state index contributed by atoms with van der Waals surface area (Å²) >= 11 is 0. The molecule has 0 unspecified atom stereocenters. The van der Waals surface area contributed by atoms with Crippen LogP contribution in [0.1, 0.15) is 16.8 Å². The largest absolute Gasteiger partial charge is 0.393 e. The molecule has 4 N–H and O–H groups in total. The number of rotatable bonds is 4. The molecule has 0 aliphatic heterocycles. The van der Waals surface area contributed by atoms with Crippen LogP contribution in [-0.2, 0) is 0 Å². The quantitative estimate of drug-likeness (QED) is 0.467. The van der Waals surface area contributed by atoms with Gasteiger partial charge in [-0.3, -0.25) is 4.98 Å². The second-order valence-corrected chi connectivity index (χ2v) is 6.88. The lowest BCUT2D eigenvalue weighted by Gasteiger charge is -2.15. The lowest BCUT2D eigenvalue weighted by Crippen LogP contribution is -2.06. The van der Waals surface area contributed by atoms with E-state index in [9.17, 15) is 0 Å². The first-order chi connectivity index (χ1) is 13.5. The van der Waals surface area contributed by atoms with Gasteiger partial charge >= 0.3 is 0 Å². The van der Waals surface area contributed by atoms with E-state index in [0.29, 0.717) is 17.3 Å². The van der Waals surface area contributed by atoms with Gasteiger partial charge in [0.15, 0.2) is 11.6 Å². The van der Waals surface area contributed by atoms with E-state index in [4.69, 9.17) is 5.73 Å². The van der Waals surface area contributed by atoms with Crippen LogP contribution < -0.4 is 16.4 Å². The van der Waals surface area contributed by atoms with E-state index in [1.54, 1.807) is 0 Å². The lowest BCUT2D eigenvalue weighted by atomic mass is 10.1. The number of anilines is 5. The fourth-order valence-electron chi connectivity index (χ4n) is 3.09. The molecule has 28 heavy (non-hydrogen) atoms. The number of hydrogen-bond donors (Lipinski definition) is 3. The van der Waals surface area contributed by atoms with Gasteiger partial charge in [0.1, 0.15) is 12.0 Å². The first kappa shape index (κ1) is 17.7. The number of nitrogens with two attached hydrogens (primary N) is 1. The van der Waals surface area contributed by atoms with Gasteiger partial charge in [0.05, 0.1) is 5.52 Å². The molecule has 0 spiro atoms. The van der Waals surface area contributed by atoms with Crippen LogP contribution in [-0.4, -0.2) is 15.0 Å². The standard InChI is InChI=1S/C22H22N6/c1-13-7-8-14(2)19(11-13)28-22-20(23)21(24-12-25-22)27-18-6-4-5-17-16(18)10-9-15(3)26-17/h4-12H,23H2,1-3H3,(H2,24,25,27,28). The van der Waals surface area contributed by atoms with Crippen LogP contribution in [0.4, 0.5) is 28.7 Å². The predicted molar refractivity (Wildman–Crippen MR) is 115 cm³/mol. The Morgan fingerprint density at radius 2 is 1.57 bits per heavy atom. The maximum Gasteiger partial charge on any atom is 0.159 e. The molecule has 0 aliphatic carbocycles. The Morgan fingerprint density at radius 1 is 0.821 bits per heavy atom. The molecular weight excluding hydrogens is 348 g/mol. The molecule has 0 bridgehead atoms. The zero-order valence-corrected chi connectivity index (χ0v) is 16.1. The molecule has 4 rings (SSSR count). The highest BCUT2D eigenvalue weighted by atomic mass is 15.1. The topological polar surface area (TPSA) is 88.8 Å². The van der Waals surface area contributed by atoms with Crippen LogP contribution in [0.3, 0.4) is 0 Å². The molecule has 0 amide bonds. The highest BCUT2D eigenvalue weighted by molar-refractivity contribution is 5.94. The average Bonchev–Trinajstić information content (AvgIpc) is 2.67. The summed E-state index contributed by atoms with van der Waals surface area (Å²) in [4.78, 5) is 13.2. The predicted octanol–water partition coefficient (Wildman–Crippen LogP) is 5.02. The normalized spacial score (nSPS) is 10.8. The lowest BCUT2D eigenvalue weighted by molar-refractivity contribution is 1.17. The third-order valence-corrected chi connectivity index (χ3v) is 4.65. The van der Waals surface area contributed by atoms with Crippen molar-refractivity contribution >= 4 is 39.6 Å². The maximum atomic E-state index is 6.37. The highest BCUT2D eigenvalue weighted by Gasteiger charge is 2.11. The monoisotopic (exact) mass is 370 g/mol. The zero-order chi connectivity index (χ0) is 19.7. The zero-order valence-electron chi connectivity index (χ0n) is 16.1. The number of aryl methyl sites for hydroxylation is 3. The van der Waals surface area contributed by atoms with Gasteiger partial charge in [-0.25, -0.2) is 9.97 Å². The summed E-state index contributed by atoms with van der Waals surface area (Å²) < 4.78 is 0. The van der Waals surface area contributed by atoms with Gasteiger partial charge in [0, 0.05) is 22.5 Å². The minimum Gasteiger partial charge on any atom is -0.393 e. The Hall–Kier alpha value is -3.67. The van der Waals surface area contributed by atoms with Crippen LogP contribution in [0.25, 0.3) is 10.9 Å². The van der Waals surface area contributed by atoms with Crippen LogP contribution in [0.2, 0.25) is 0 Å². The summed E-state index contributed by atoms with van der Waals surface area (Å²) in [6.07, 6.45) is 1.50. The molecule has 0 saturated carbocycles. The van der Waals surface area contributed by atoms with Crippen LogP contribution in [0.15, 0.2) is 54.9 Å². The van der Waals surface area contributed by atoms with Gasteiger partial charge in [-0.1, -0.05) is 18.2 Å². The van der Waals surface area contributed by atoms with Gasteiger partial charge in [0.25, 0.3) is 0 Å². The summed E-state index contributed by atoms with van der Waals surface area (Å²) in [7, 11) is 0. The molecule has 140 valence electrons. The van der Waals surface area contributed by atoms with Crippen molar-refractivity contribution in [3.05, 3.63) is 71.7 Å². The Kier molecular flexibility index (Phi) is 4.53. The van der Waals surface area contributed by atoms with E-state index in [2.05, 4.69) is 50.7 Å². The Balaban J connectivity index is 1.69. The van der Waals surface area contributed by atoms with Crippen molar-refractivity contribution in [2.24, 2.45) is 0 Å². The maximum absolute atomic E-state index is 6.37. The number of nitrogens with one attached hydrogen (secondary N) is 2. The number of hydrogen-bond acceptors (Lipinski definition) is 6. The van der Waals surface area contributed by atoms with E-state index in [-0.39, 0.29) is 0 Å². The van der Waals surface area contributed by atoms with Gasteiger partial charge in [-0.15, -0.1) is 0 Å². The molecule has 2 heterocycles. The third kappa shape index (κ3) is 3.44. The molecule has 6 nitrogen and oxygen atoms in total. The second-order valence-electron chi connectivity index (χ2n) is 6.88. The van der Waals surface area contributed by atoms with Crippen molar-refractivity contribution in [1.29, 1.82) is 0 Å². The molecule has 6 heteroatoms. The molecule has 0 aliphatic rings. The molecule has 2 aromatic carbocycles. The van der Waals surface area contributed by atoms with Crippen molar-refractivity contribution < 1.29 is 0 Å². The van der Waals surface area contributed by atoms with Crippen molar-refractivity contribution in [3.63, 3.8) is 0 Å². The Morgan fingerprint density at radius 3 is 2.36 bits per heavy atom. The Labute approximate surface area is 163 Å². The smallest absolute Gasteiger partial charge is 0.159 e. The van der Waals surface area contributed by atoms with Gasteiger partial charge in [0.2, 0.25) is 0 Å². The van der Waals surface area contributed by atoms with Gasteiger partial charge in [-0.05, 0) is 62.2 Å². The van der Waals surface area contributed by atoms with E-state index in [0.717, 1.165) is 39.1 Å². The summed E-state index contributed by atoms with van der Waals surface area (Å²) in [5, 5.41) is 7.66. The van der Waals surface area contributed by atoms with E-state index < -0.39 is 0 Å². The Bertz CT molecular complexity index is 1170. The number of pyridine rings is 1. The summed E-state index contributed by atoms with van der Waals surface area (Å²) in [6, 6.07) is 16.2. The van der Waals surface area contributed by atoms with E-state index in [1.165, 1.54) is 6.33 Å². The summed E-state index contributed by atoms with van der Waals surface area (Å²) in [5.41, 5.74) is 12.9. The van der Waals surface area contributed by atoms with E-state index in [1.807, 2.05) is 44.2 Å². The number of nitrogens with zero attached hydrogens (tertiary/aromatic N) is 3. The van der Waals surface area contributed by atoms with Crippen molar-refractivity contribution in [1.82, 2.24) is 15.0 Å². The third-order valence-electron chi connectivity index (χ3n) is 4.65. The molecule has 4 aromatic rings. The molecule has 0 saturated heterocycles. The first-order valence-electron chi connectivity index (χ1n) is 9.09. The second kappa shape index (κ2) is 7.15. The fourth-order valence-corrected chi connectivity index (χ4v) is 3.09. The number of nitrogen functional groups attached to an aromatic ring is 1. The molecule has 2 aromatic heterocycles. The van der Waals surface area contributed by atoms with E-state index >= 15 is 0 Å². The SMILES string of the molecule is Cc1ccc(C)c(Nc2ncnc(Nc3cccc4nc(C)ccc34)c2N)c1. The molecule has 0 radical (unpaired) electrons. The van der Waals surface area contributed by atoms with Crippen LogP contribution in [0.5, 0.6) is 0 Å². The van der Waals surface area contributed by atoms with Gasteiger partial charge in [-0.2, -0.15) is 0 Å². The fraction of sp³-hybridized carbons (Fsp3) is 0.136. The summed E-state index contributed by atoms with van der Waals surface area (Å²) in [5.74, 6) is 1.12. The van der Waals surface area contributed by atoms with Crippen LogP contribution >= 0.6 is 0 Å². The highest BCUT2D eigenvalue weighted by Crippen LogP contribution is 2.31. The molecule has 0 atom stereocenters. The number of fused-ring (bicyclic) bond motifs is 1. The van der Waals surface area contributed by atoms with Crippen molar-refractivity contribution in [2.75, 3.05) is 16.4 Å². The molecule has 0 fully saturated rings. The minimum absolute atomic E-state index is 0.459. The average molecular weight is 370 g/mol. The van der Waals surface area contributed by atoms with Crippen molar-refractivity contribution in [2.45, 2.75) is 20.8 Å². The van der Waals surface area contributed by atoms with Crippen molar-refractivity contribution in [3.8, 4) is 0 Å². The minimum atomic E-state index is 0.459. The summed E-state index contributed by atoms with van der Waals surface area (Å²) in [6.45, 7) is 6.08. The number of benzene rings is 2. The molecular formula is C22H22N6. The first-order valence-corrected chi connectivity index (χ1v) is 9.09. The number of aromatic nitrogens is 3. The van der Waals surface area contributed by atoms with Gasteiger partial charge < -0.3 is 16.4 Å².